The topological polar surface area (TPSA) is 77.5 Å². The van der Waals surface area contributed by atoms with Crippen molar-refractivity contribution >= 4 is 23.2 Å². The van der Waals surface area contributed by atoms with Crippen molar-refractivity contribution in [3.8, 4) is 5.75 Å². The summed E-state index contributed by atoms with van der Waals surface area (Å²) >= 11 is 1.54. The summed E-state index contributed by atoms with van der Waals surface area (Å²) in [5, 5.41) is 5.80. The van der Waals surface area contributed by atoms with Gasteiger partial charge in [0.05, 0.1) is 10.7 Å². The maximum absolute atomic E-state index is 12.5. The van der Waals surface area contributed by atoms with Gasteiger partial charge in [-0.3, -0.25) is 4.79 Å². The molecule has 6 nitrogen and oxygen atoms in total. The number of nitrogens with one attached hydrogen (secondary N) is 1. The van der Waals surface area contributed by atoms with Crippen molar-refractivity contribution in [2.24, 2.45) is 5.41 Å². The first-order valence-corrected chi connectivity index (χ1v) is 10.4. The summed E-state index contributed by atoms with van der Waals surface area (Å²) in [6, 6.07) is 6.82. The molecule has 1 aromatic carbocycles. The van der Waals surface area contributed by atoms with Gasteiger partial charge < -0.3 is 14.8 Å². The van der Waals surface area contributed by atoms with E-state index in [0.717, 1.165) is 17.1 Å². The van der Waals surface area contributed by atoms with Crippen molar-refractivity contribution in [2.75, 3.05) is 6.61 Å². The summed E-state index contributed by atoms with van der Waals surface area (Å²) < 4.78 is 11.0. The maximum atomic E-state index is 12.5. The van der Waals surface area contributed by atoms with Gasteiger partial charge in [-0.25, -0.2) is 9.78 Å². The lowest BCUT2D eigenvalue weighted by Crippen LogP contribution is -2.47. The smallest absolute Gasteiger partial charge is 0.342 e. The highest BCUT2D eigenvalue weighted by Gasteiger charge is 2.27. The van der Waals surface area contributed by atoms with E-state index in [1.807, 2.05) is 26.2 Å². The molecule has 1 heterocycles. The number of carbonyl (C=O) groups is 2. The molecule has 1 N–H and O–H groups in total. The Kier molecular flexibility index (Phi) is 7.41. The van der Waals surface area contributed by atoms with Crippen LogP contribution in [-0.2, 0) is 16.1 Å². The monoisotopic (exact) mass is 418 g/mol. The Bertz CT molecular complexity index is 852. The van der Waals surface area contributed by atoms with E-state index in [0.29, 0.717) is 5.75 Å². The van der Waals surface area contributed by atoms with E-state index in [4.69, 9.17) is 9.47 Å². The molecule has 2 aromatic rings. The molecule has 0 aliphatic carbocycles. The Balaban J connectivity index is 1.92. The number of hydrogen-bond donors (Lipinski definition) is 1. The standard InChI is InChI=1S/C22H30N2O4S/c1-15-23-16(13-29-15)11-27-18-10-8-7-9-17(18)20(26)28-12-19(25)24-22(5,6)14-21(2,3)4/h7-10,13H,11-12,14H2,1-6H3,(H,24,25). The summed E-state index contributed by atoms with van der Waals surface area (Å²) in [5.41, 5.74) is 0.755. The van der Waals surface area contributed by atoms with Gasteiger partial charge in [0.15, 0.2) is 6.61 Å². The minimum absolute atomic E-state index is 0.0690. The first-order valence-electron chi connectivity index (χ1n) is 9.56. The summed E-state index contributed by atoms with van der Waals surface area (Å²) in [5.74, 6) is -0.528. The predicted octanol–water partition coefficient (Wildman–Crippen LogP) is 4.52. The highest BCUT2D eigenvalue weighted by Crippen LogP contribution is 2.26. The molecule has 7 heteroatoms. The number of esters is 1. The number of ether oxygens (including phenoxy) is 2. The van der Waals surface area contributed by atoms with Crippen LogP contribution in [0.4, 0.5) is 0 Å². The van der Waals surface area contributed by atoms with Gasteiger partial charge in [0.1, 0.15) is 17.9 Å². The average molecular weight is 419 g/mol. The first kappa shape index (κ1) is 22.9. The molecule has 0 bridgehead atoms. The number of aromatic nitrogens is 1. The number of para-hydroxylation sites is 1. The van der Waals surface area contributed by atoms with Gasteiger partial charge in [-0.1, -0.05) is 32.9 Å². The van der Waals surface area contributed by atoms with Crippen LogP contribution in [-0.4, -0.2) is 29.0 Å². The minimum Gasteiger partial charge on any atom is -0.486 e. The Morgan fingerprint density at radius 3 is 2.45 bits per heavy atom. The molecule has 158 valence electrons. The molecule has 0 atom stereocenters. The van der Waals surface area contributed by atoms with E-state index >= 15 is 0 Å². The molecule has 0 aliphatic heterocycles. The van der Waals surface area contributed by atoms with Crippen LogP contribution >= 0.6 is 11.3 Å². The van der Waals surface area contributed by atoms with Crippen molar-refractivity contribution in [3.63, 3.8) is 0 Å². The average Bonchev–Trinajstić information content (AvgIpc) is 3.01. The van der Waals surface area contributed by atoms with E-state index in [-0.39, 0.29) is 30.1 Å². The normalized spacial score (nSPS) is 11.8. The van der Waals surface area contributed by atoms with Crippen LogP contribution < -0.4 is 10.1 Å². The number of amides is 1. The Morgan fingerprint density at radius 1 is 1.14 bits per heavy atom. The van der Waals surface area contributed by atoms with E-state index < -0.39 is 11.5 Å². The third-order valence-electron chi connectivity index (χ3n) is 3.93. The fourth-order valence-electron chi connectivity index (χ4n) is 3.38. The molecule has 0 fully saturated rings. The molecular weight excluding hydrogens is 388 g/mol. The van der Waals surface area contributed by atoms with Gasteiger partial charge in [0.25, 0.3) is 5.91 Å². The zero-order valence-electron chi connectivity index (χ0n) is 18.0. The van der Waals surface area contributed by atoms with E-state index in [9.17, 15) is 9.59 Å². The number of benzene rings is 1. The molecular formula is C22H30N2O4S. The number of thiazole rings is 1. The summed E-state index contributed by atoms with van der Waals surface area (Å²) in [4.78, 5) is 29.1. The molecule has 1 aromatic heterocycles. The Morgan fingerprint density at radius 2 is 1.83 bits per heavy atom. The molecule has 2 rings (SSSR count). The van der Waals surface area contributed by atoms with Crippen molar-refractivity contribution in [1.82, 2.24) is 10.3 Å². The van der Waals surface area contributed by atoms with Gasteiger partial charge in [-0.2, -0.15) is 0 Å². The fraction of sp³-hybridized carbons (Fsp3) is 0.500. The lowest BCUT2D eigenvalue weighted by Gasteiger charge is -2.33. The maximum Gasteiger partial charge on any atom is 0.342 e. The predicted molar refractivity (Wildman–Crippen MR) is 114 cm³/mol. The molecule has 29 heavy (non-hydrogen) atoms. The third kappa shape index (κ3) is 7.85. The summed E-state index contributed by atoms with van der Waals surface area (Å²) in [7, 11) is 0. The quantitative estimate of drug-likeness (QED) is 0.638. The van der Waals surface area contributed by atoms with Crippen LogP contribution in [0.15, 0.2) is 29.6 Å². The summed E-state index contributed by atoms with van der Waals surface area (Å²) in [6.45, 7) is 12.1. The van der Waals surface area contributed by atoms with E-state index in [2.05, 4.69) is 31.1 Å². The minimum atomic E-state index is -0.598. The van der Waals surface area contributed by atoms with Crippen LogP contribution in [0.5, 0.6) is 5.75 Å². The molecule has 0 saturated carbocycles. The largest absolute Gasteiger partial charge is 0.486 e. The van der Waals surface area contributed by atoms with Gasteiger partial charge in [0, 0.05) is 10.9 Å². The number of nitrogens with zero attached hydrogens (tertiary/aromatic N) is 1. The molecule has 1 amide bonds. The van der Waals surface area contributed by atoms with Crippen LogP contribution in [0.1, 0.15) is 62.1 Å². The SMILES string of the molecule is Cc1nc(COc2ccccc2C(=O)OCC(=O)NC(C)(C)CC(C)(C)C)cs1. The zero-order valence-corrected chi connectivity index (χ0v) is 18.8. The van der Waals surface area contributed by atoms with Crippen molar-refractivity contribution < 1.29 is 19.1 Å². The second kappa shape index (κ2) is 9.39. The molecule has 0 spiro atoms. The molecule has 0 unspecified atom stereocenters. The van der Waals surface area contributed by atoms with Gasteiger partial charge in [-0.15, -0.1) is 11.3 Å². The van der Waals surface area contributed by atoms with Gasteiger partial charge >= 0.3 is 5.97 Å². The van der Waals surface area contributed by atoms with Crippen LogP contribution in [0.2, 0.25) is 0 Å². The number of carbonyl (C=O) groups excluding carboxylic acids is 2. The molecule has 0 aliphatic rings. The van der Waals surface area contributed by atoms with Crippen LogP contribution in [0, 0.1) is 12.3 Å². The Labute approximate surface area is 176 Å². The fourth-order valence-corrected chi connectivity index (χ4v) is 3.98. The van der Waals surface area contributed by atoms with E-state index in [1.54, 1.807) is 35.6 Å². The first-order chi connectivity index (χ1) is 13.5. The van der Waals surface area contributed by atoms with E-state index in [1.165, 1.54) is 0 Å². The molecule has 0 saturated heterocycles. The van der Waals surface area contributed by atoms with Crippen molar-refractivity contribution in [3.05, 3.63) is 45.9 Å². The van der Waals surface area contributed by atoms with Crippen molar-refractivity contribution in [1.29, 1.82) is 0 Å². The summed E-state index contributed by atoms with van der Waals surface area (Å²) in [6.07, 6.45) is 0.798. The second-order valence-electron chi connectivity index (χ2n) is 8.89. The lowest BCUT2D eigenvalue weighted by atomic mass is 9.82. The molecule has 0 radical (unpaired) electrons. The van der Waals surface area contributed by atoms with Crippen LogP contribution in [0.25, 0.3) is 0 Å². The number of aryl methyl sites for hydroxylation is 1. The van der Waals surface area contributed by atoms with Gasteiger partial charge in [0.2, 0.25) is 0 Å². The highest BCUT2D eigenvalue weighted by atomic mass is 32.1. The second-order valence-corrected chi connectivity index (χ2v) is 9.95. The highest BCUT2D eigenvalue weighted by molar-refractivity contribution is 7.09. The Hall–Kier alpha value is -2.41. The third-order valence-corrected chi connectivity index (χ3v) is 4.76. The number of rotatable bonds is 8. The van der Waals surface area contributed by atoms with Crippen LogP contribution in [0.3, 0.4) is 0 Å². The zero-order chi connectivity index (χ0) is 21.7. The van der Waals surface area contributed by atoms with Crippen molar-refractivity contribution in [2.45, 2.75) is 60.1 Å². The lowest BCUT2D eigenvalue weighted by molar-refractivity contribution is -0.126. The van der Waals surface area contributed by atoms with Gasteiger partial charge in [-0.05, 0) is 44.7 Å². The number of hydrogen-bond acceptors (Lipinski definition) is 6.